The molecule has 0 atom stereocenters. The van der Waals surface area contributed by atoms with Crippen LogP contribution < -0.4 is 10.5 Å². The van der Waals surface area contributed by atoms with Crippen molar-refractivity contribution in [2.45, 2.75) is 0 Å². The average Bonchev–Trinajstić information content (AvgIpc) is 2.79. The van der Waals surface area contributed by atoms with E-state index in [9.17, 15) is 9.59 Å². The van der Waals surface area contributed by atoms with Crippen molar-refractivity contribution in [1.82, 2.24) is 14.3 Å². The summed E-state index contributed by atoms with van der Waals surface area (Å²) in [6.45, 7) is 2.60. The number of hydrogen-bond donors (Lipinski definition) is 0. The van der Waals surface area contributed by atoms with Gasteiger partial charge in [-0.05, 0) is 48.5 Å². The van der Waals surface area contributed by atoms with Crippen LogP contribution in [0.25, 0.3) is 16.6 Å². The maximum atomic E-state index is 13.1. The first-order valence-electron chi connectivity index (χ1n) is 9.91. The molecule has 0 saturated carbocycles. The van der Waals surface area contributed by atoms with Crippen molar-refractivity contribution in [1.29, 1.82) is 0 Å². The molecule has 2 aromatic carbocycles. The zero-order valence-corrected chi connectivity index (χ0v) is 18.0. The number of piperazine rings is 1. The Morgan fingerprint density at radius 2 is 1.68 bits per heavy atom. The molecule has 1 amide bonds. The minimum atomic E-state index is -0.247. The summed E-state index contributed by atoms with van der Waals surface area (Å²) in [7, 11) is 0. The molecular weight excluding hydrogens is 435 g/mol. The standard InChI is InChI=1S/C23H18Cl2N4O2/c24-16-2-1-3-18(12-16)27-8-10-28(11-9-27)22(30)15-4-7-21-26-20-6-5-17(25)13-19(20)23(31)29(21)14-15/h1-7,12-14H,8-11H2. The van der Waals surface area contributed by atoms with Crippen molar-refractivity contribution in [2.75, 3.05) is 31.1 Å². The molecule has 4 aromatic rings. The number of carbonyl (C=O) groups excluding carboxylic acids is 1. The van der Waals surface area contributed by atoms with Crippen LogP contribution in [0.5, 0.6) is 0 Å². The van der Waals surface area contributed by atoms with Gasteiger partial charge in [0.15, 0.2) is 0 Å². The fourth-order valence-electron chi connectivity index (χ4n) is 3.93. The van der Waals surface area contributed by atoms with E-state index in [1.165, 1.54) is 4.40 Å². The van der Waals surface area contributed by atoms with Crippen LogP contribution in [0.15, 0.2) is 65.6 Å². The number of hydrogen-bond acceptors (Lipinski definition) is 4. The van der Waals surface area contributed by atoms with E-state index >= 15 is 0 Å². The summed E-state index contributed by atoms with van der Waals surface area (Å²) in [4.78, 5) is 34.6. The topological polar surface area (TPSA) is 57.9 Å². The van der Waals surface area contributed by atoms with Gasteiger partial charge >= 0.3 is 0 Å². The molecule has 5 rings (SSSR count). The Morgan fingerprint density at radius 1 is 0.903 bits per heavy atom. The van der Waals surface area contributed by atoms with Gasteiger partial charge < -0.3 is 9.80 Å². The molecule has 0 unspecified atom stereocenters. The third kappa shape index (κ3) is 3.73. The van der Waals surface area contributed by atoms with E-state index in [1.807, 2.05) is 24.3 Å². The maximum absolute atomic E-state index is 13.1. The van der Waals surface area contributed by atoms with Gasteiger partial charge in [-0.3, -0.25) is 14.0 Å². The number of aromatic nitrogens is 2. The van der Waals surface area contributed by atoms with Crippen molar-refractivity contribution >= 4 is 51.3 Å². The number of nitrogens with zero attached hydrogens (tertiary/aromatic N) is 4. The Morgan fingerprint density at radius 3 is 2.45 bits per heavy atom. The van der Waals surface area contributed by atoms with E-state index < -0.39 is 0 Å². The van der Waals surface area contributed by atoms with Crippen molar-refractivity contribution in [3.05, 3.63) is 86.8 Å². The third-order valence-electron chi connectivity index (χ3n) is 5.56. The summed E-state index contributed by atoms with van der Waals surface area (Å²) in [5.74, 6) is -0.106. The zero-order valence-electron chi connectivity index (χ0n) is 16.5. The molecule has 6 nitrogen and oxygen atoms in total. The summed E-state index contributed by atoms with van der Waals surface area (Å²) in [5, 5.41) is 1.58. The molecule has 0 N–H and O–H groups in total. The molecule has 1 fully saturated rings. The van der Waals surface area contributed by atoms with Crippen LogP contribution in [0, 0.1) is 0 Å². The van der Waals surface area contributed by atoms with Crippen molar-refractivity contribution < 1.29 is 4.79 Å². The highest BCUT2D eigenvalue weighted by atomic mass is 35.5. The van der Waals surface area contributed by atoms with Gasteiger partial charge in [0.2, 0.25) is 0 Å². The lowest BCUT2D eigenvalue weighted by molar-refractivity contribution is 0.0746. The van der Waals surface area contributed by atoms with Gasteiger partial charge in [-0.2, -0.15) is 0 Å². The minimum Gasteiger partial charge on any atom is -0.368 e. The van der Waals surface area contributed by atoms with Gasteiger partial charge in [0.05, 0.1) is 16.5 Å². The fraction of sp³-hybridized carbons (Fsp3) is 0.174. The Hall–Kier alpha value is -3.09. The Labute approximate surface area is 188 Å². The summed E-state index contributed by atoms with van der Waals surface area (Å²) in [5.41, 5.74) is 2.32. The Balaban J connectivity index is 1.40. The van der Waals surface area contributed by atoms with Crippen LogP contribution >= 0.6 is 23.2 Å². The molecule has 1 aliphatic rings. The van der Waals surface area contributed by atoms with Gasteiger partial charge in [-0.15, -0.1) is 0 Å². The van der Waals surface area contributed by atoms with E-state index in [-0.39, 0.29) is 11.5 Å². The number of halogens is 2. The maximum Gasteiger partial charge on any atom is 0.265 e. The Bertz CT molecular complexity index is 1380. The number of carbonyl (C=O) groups is 1. The first-order valence-corrected chi connectivity index (χ1v) is 10.7. The first-order chi connectivity index (χ1) is 15.0. The second kappa shape index (κ2) is 7.87. The number of amides is 1. The number of fused-ring (bicyclic) bond motifs is 2. The molecular formula is C23H18Cl2N4O2. The normalized spacial score (nSPS) is 14.4. The molecule has 156 valence electrons. The monoisotopic (exact) mass is 452 g/mol. The van der Waals surface area contributed by atoms with E-state index in [2.05, 4.69) is 9.88 Å². The van der Waals surface area contributed by atoms with E-state index in [4.69, 9.17) is 23.2 Å². The molecule has 31 heavy (non-hydrogen) atoms. The van der Waals surface area contributed by atoms with Gasteiger partial charge in [0, 0.05) is 48.1 Å². The van der Waals surface area contributed by atoms with Crippen LogP contribution in [0.1, 0.15) is 10.4 Å². The summed E-state index contributed by atoms with van der Waals surface area (Å²) in [6.07, 6.45) is 1.57. The first kappa shape index (κ1) is 19.8. The summed E-state index contributed by atoms with van der Waals surface area (Å²) < 4.78 is 1.41. The highest BCUT2D eigenvalue weighted by Crippen LogP contribution is 2.21. The van der Waals surface area contributed by atoms with Crippen LogP contribution in [0.4, 0.5) is 5.69 Å². The van der Waals surface area contributed by atoms with E-state index in [0.717, 1.165) is 5.69 Å². The molecule has 8 heteroatoms. The molecule has 0 radical (unpaired) electrons. The van der Waals surface area contributed by atoms with Gasteiger partial charge in [0.1, 0.15) is 5.65 Å². The van der Waals surface area contributed by atoms with Gasteiger partial charge in [-0.25, -0.2) is 4.98 Å². The molecule has 3 heterocycles. The SMILES string of the molecule is O=C(c1ccc2nc3ccc(Cl)cc3c(=O)n2c1)N1CCN(c2cccc(Cl)c2)CC1. The number of pyridine rings is 1. The highest BCUT2D eigenvalue weighted by molar-refractivity contribution is 6.31. The lowest BCUT2D eigenvalue weighted by Crippen LogP contribution is -2.48. The lowest BCUT2D eigenvalue weighted by Gasteiger charge is -2.36. The van der Waals surface area contributed by atoms with Gasteiger partial charge in [0.25, 0.3) is 11.5 Å². The quantitative estimate of drug-likeness (QED) is 0.429. The van der Waals surface area contributed by atoms with E-state index in [0.29, 0.717) is 58.3 Å². The predicted molar refractivity (Wildman–Crippen MR) is 124 cm³/mol. The second-order valence-corrected chi connectivity index (χ2v) is 8.36. The average molecular weight is 453 g/mol. The largest absolute Gasteiger partial charge is 0.368 e. The lowest BCUT2D eigenvalue weighted by atomic mass is 10.2. The van der Waals surface area contributed by atoms with E-state index in [1.54, 1.807) is 41.4 Å². The molecule has 0 spiro atoms. The Kier molecular flexibility index (Phi) is 5.04. The van der Waals surface area contributed by atoms with Crippen LogP contribution in [0.3, 0.4) is 0 Å². The number of anilines is 1. The third-order valence-corrected chi connectivity index (χ3v) is 6.03. The highest BCUT2D eigenvalue weighted by Gasteiger charge is 2.23. The molecule has 0 bridgehead atoms. The molecule has 0 aliphatic carbocycles. The van der Waals surface area contributed by atoms with Crippen LogP contribution in [-0.2, 0) is 0 Å². The van der Waals surface area contributed by atoms with Crippen molar-refractivity contribution in [2.24, 2.45) is 0 Å². The fourth-order valence-corrected chi connectivity index (χ4v) is 4.28. The molecule has 1 saturated heterocycles. The molecule has 1 aliphatic heterocycles. The molecule has 2 aromatic heterocycles. The summed E-state index contributed by atoms with van der Waals surface area (Å²) in [6, 6.07) is 16.2. The minimum absolute atomic E-state index is 0.106. The van der Waals surface area contributed by atoms with Crippen molar-refractivity contribution in [3.8, 4) is 0 Å². The van der Waals surface area contributed by atoms with Gasteiger partial charge in [-0.1, -0.05) is 29.3 Å². The number of rotatable bonds is 2. The van der Waals surface area contributed by atoms with Crippen molar-refractivity contribution in [3.63, 3.8) is 0 Å². The second-order valence-electron chi connectivity index (χ2n) is 7.48. The van der Waals surface area contributed by atoms with Crippen LogP contribution in [0.2, 0.25) is 10.0 Å². The summed E-state index contributed by atoms with van der Waals surface area (Å²) >= 11 is 12.1. The zero-order chi connectivity index (χ0) is 21.5. The predicted octanol–water partition coefficient (Wildman–Crippen LogP) is 4.12. The smallest absolute Gasteiger partial charge is 0.265 e. The van der Waals surface area contributed by atoms with Crippen LogP contribution in [-0.4, -0.2) is 46.4 Å². The number of benzene rings is 2.